The zero-order valence-electron chi connectivity index (χ0n) is 20.6. The topological polar surface area (TPSA) is 90.3 Å². The van der Waals surface area contributed by atoms with E-state index in [-0.39, 0.29) is 5.78 Å². The Morgan fingerprint density at radius 3 is 2.61 bits per heavy atom. The molecule has 0 atom stereocenters. The van der Waals surface area contributed by atoms with Gasteiger partial charge < -0.3 is 10.5 Å². The van der Waals surface area contributed by atoms with E-state index in [1.165, 1.54) is 32.0 Å². The lowest BCUT2D eigenvalue weighted by molar-refractivity contribution is -0.114. The molecule has 36 heavy (non-hydrogen) atoms. The molecule has 0 amide bonds. The molecular formula is C30H31FN3O2+. The number of nitrogens with one attached hydrogen (secondary N) is 1. The summed E-state index contributed by atoms with van der Waals surface area (Å²) in [4.78, 5) is 15.9. The second-order valence-electron chi connectivity index (χ2n) is 9.26. The highest BCUT2D eigenvalue weighted by atomic mass is 19.1. The molecular weight excluding hydrogens is 453 g/mol. The second-order valence-corrected chi connectivity index (χ2v) is 9.26. The molecule has 1 aliphatic heterocycles. The Kier molecular flexibility index (Phi) is 7.47. The Morgan fingerprint density at radius 1 is 1.22 bits per heavy atom. The number of anilines is 1. The van der Waals surface area contributed by atoms with Crippen LogP contribution in [0.4, 0.5) is 10.1 Å². The van der Waals surface area contributed by atoms with Crippen LogP contribution < -0.4 is 5.73 Å². The first-order valence-corrected chi connectivity index (χ1v) is 12.2. The molecule has 0 spiro atoms. The van der Waals surface area contributed by atoms with E-state index in [9.17, 15) is 4.79 Å². The third kappa shape index (κ3) is 5.14. The van der Waals surface area contributed by atoms with Gasteiger partial charge in [-0.25, -0.2) is 4.39 Å². The van der Waals surface area contributed by atoms with Crippen molar-refractivity contribution in [3.05, 3.63) is 82.9 Å². The number of carbonyl (C=O) groups is 1. The molecule has 2 aromatic carbocycles. The summed E-state index contributed by atoms with van der Waals surface area (Å²) in [6.45, 7) is 9.40. The molecule has 184 valence electrons. The number of ketones is 1. The fourth-order valence-electron chi connectivity index (χ4n) is 4.68. The molecule has 1 aliphatic carbocycles. The minimum absolute atomic E-state index is 0.0629. The van der Waals surface area contributed by atoms with Crippen molar-refractivity contribution in [1.82, 2.24) is 0 Å². The SMILES string of the molecule is C=Cc1cc(-c2ccc(C3=C(C(C)=O)CC=C(CC=[N+]=N)O3)c(CCC3CC3)c2C=C)c(F)cc1N. The smallest absolute Gasteiger partial charge is 0.314 e. The van der Waals surface area contributed by atoms with Gasteiger partial charge in [-0.15, -0.1) is 0 Å². The molecule has 0 unspecified atom stereocenters. The summed E-state index contributed by atoms with van der Waals surface area (Å²) in [6.07, 6.45) is 11.7. The van der Waals surface area contributed by atoms with Gasteiger partial charge in [-0.3, -0.25) is 4.79 Å². The van der Waals surface area contributed by atoms with E-state index in [0.717, 1.165) is 29.5 Å². The minimum atomic E-state index is -0.417. The molecule has 0 aromatic heterocycles. The third-order valence-corrected chi connectivity index (χ3v) is 6.84. The number of Topliss-reactive ketones (excluding diaryl/α,β-unsaturated/α-hetero) is 1. The van der Waals surface area contributed by atoms with E-state index < -0.39 is 5.82 Å². The molecule has 2 aliphatic rings. The van der Waals surface area contributed by atoms with Crippen LogP contribution in [0, 0.1) is 17.3 Å². The van der Waals surface area contributed by atoms with E-state index in [4.69, 9.17) is 16.0 Å². The van der Waals surface area contributed by atoms with Crippen LogP contribution in [-0.4, -0.2) is 16.8 Å². The highest BCUT2D eigenvalue weighted by Crippen LogP contribution is 2.41. The molecule has 0 saturated heterocycles. The zero-order valence-corrected chi connectivity index (χ0v) is 20.6. The number of ether oxygens (including phenoxy) is 1. The summed E-state index contributed by atoms with van der Waals surface area (Å²) in [7, 11) is 0. The fraction of sp³-hybridized carbons (Fsp3) is 0.267. The van der Waals surface area contributed by atoms with Gasteiger partial charge in [-0.2, -0.15) is 0 Å². The molecule has 0 bridgehead atoms. The Hall–Kier alpha value is -4.02. The highest BCUT2D eigenvalue weighted by Gasteiger charge is 2.27. The van der Waals surface area contributed by atoms with Crippen molar-refractivity contribution in [2.45, 2.75) is 45.4 Å². The van der Waals surface area contributed by atoms with Gasteiger partial charge in [0.05, 0.1) is 5.53 Å². The van der Waals surface area contributed by atoms with Crippen LogP contribution >= 0.6 is 0 Å². The van der Waals surface area contributed by atoms with Gasteiger partial charge in [-0.1, -0.05) is 50.3 Å². The first-order chi connectivity index (χ1) is 17.4. The maximum atomic E-state index is 15.2. The molecule has 2 aromatic rings. The minimum Gasteiger partial charge on any atom is -0.460 e. The summed E-state index contributed by atoms with van der Waals surface area (Å²) >= 11 is 0. The molecule has 0 radical (unpaired) electrons. The van der Waals surface area contributed by atoms with Crippen LogP contribution in [0.15, 0.2) is 54.8 Å². The van der Waals surface area contributed by atoms with Crippen LogP contribution in [0.1, 0.15) is 61.3 Å². The third-order valence-electron chi connectivity index (χ3n) is 6.84. The lowest BCUT2D eigenvalue weighted by Crippen LogP contribution is -2.12. The van der Waals surface area contributed by atoms with Gasteiger partial charge in [0.25, 0.3) is 0 Å². The summed E-state index contributed by atoms with van der Waals surface area (Å²) in [5, 5.41) is 0. The van der Waals surface area contributed by atoms with Crippen LogP contribution in [0.5, 0.6) is 0 Å². The van der Waals surface area contributed by atoms with Crippen molar-refractivity contribution in [2.75, 3.05) is 5.73 Å². The van der Waals surface area contributed by atoms with Crippen LogP contribution in [0.25, 0.3) is 29.0 Å². The predicted molar refractivity (Wildman–Crippen MR) is 143 cm³/mol. The Bertz CT molecular complexity index is 1360. The Labute approximate surface area is 211 Å². The number of hydrogen-bond acceptors (Lipinski definition) is 4. The molecule has 1 fully saturated rings. The average Bonchev–Trinajstić information content (AvgIpc) is 3.70. The number of benzene rings is 2. The molecule has 1 saturated carbocycles. The summed E-state index contributed by atoms with van der Waals surface area (Å²) in [5.74, 6) is 1.36. The quantitative estimate of drug-likeness (QED) is 0.164. The van der Waals surface area contributed by atoms with Gasteiger partial charge in [0.15, 0.2) is 5.78 Å². The number of allylic oxidation sites excluding steroid dienone is 3. The summed E-state index contributed by atoms with van der Waals surface area (Å²) < 4.78 is 21.4. The van der Waals surface area contributed by atoms with Gasteiger partial charge in [-0.05, 0) is 66.1 Å². The molecule has 3 N–H and O–H groups in total. The first kappa shape index (κ1) is 25.1. The first-order valence-electron chi connectivity index (χ1n) is 12.2. The van der Waals surface area contributed by atoms with Gasteiger partial charge in [0.2, 0.25) is 0 Å². The number of rotatable bonds is 10. The molecule has 5 nitrogen and oxygen atoms in total. The van der Waals surface area contributed by atoms with Crippen LogP contribution in [0.2, 0.25) is 0 Å². The maximum Gasteiger partial charge on any atom is 0.314 e. The van der Waals surface area contributed by atoms with Crippen molar-refractivity contribution >= 4 is 35.6 Å². The lowest BCUT2D eigenvalue weighted by Gasteiger charge is -2.24. The average molecular weight is 485 g/mol. The summed E-state index contributed by atoms with van der Waals surface area (Å²) in [6, 6.07) is 6.80. The standard InChI is InChI=1S/C30H30FN3O2/c1-4-20-16-27(28(31)17-29(20)32)25-12-13-26(24(22(25)5-2)10-8-19-6-7-19)30-23(18(3)35)11-9-21(36-30)14-15-34-33/h4-5,9,12-13,15-17,19,33H,1-2,6-8,10-11,14H2,3H3,(H-,32,35)/p+1. The van der Waals surface area contributed by atoms with Crippen molar-refractivity contribution in [3.8, 4) is 11.1 Å². The number of hydrogen-bond donors (Lipinski definition) is 2. The summed E-state index contributed by atoms with van der Waals surface area (Å²) in [5.41, 5.74) is 18.3. The van der Waals surface area contributed by atoms with Crippen LogP contribution in [-0.2, 0) is 16.0 Å². The number of halogens is 1. The number of carbonyl (C=O) groups excluding carboxylic acids is 1. The largest absolute Gasteiger partial charge is 0.460 e. The number of nitrogens with two attached hydrogens (primary N) is 1. The maximum absolute atomic E-state index is 15.2. The van der Waals surface area contributed by atoms with Crippen molar-refractivity contribution in [2.24, 2.45) is 5.92 Å². The number of nitrogens with zero attached hydrogens (tertiary/aromatic N) is 1. The van der Waals surface area contributed by atoms with E-state index in [2.05, 4.69) is 17.9 Å². The molecule has 4 rings (SSSR count). The van der Waals surface area contributed by atoms with Crippen LogP contribution in [0.3, 0.4) is 0 Å². The van der Waals surface area contributed by atoms with E-state index in [0.29, 0.717) is 58.2 Å². The monoisotopic (exact) mass is 484 g/mol. The van der Waals surface area contributed by atoms with Crippen molar-refractivity contribution in [3.63, 3.8) is 0 Å². The van der Waals surface area contributed by atoms with Gasteiger partial charge in [0.1, 0.15) is 23.8 Å². The Morgan fingerprint density at radius 2 is 1.97 bits per heavy atom. The van der Waals surface area contributed by atoms with Gasteiger partial charge >= 0.3 is 6.21 Å². The normalized spacial score (nSPS) is 15.0. The zero-order chi connectivity index (χ0) is 25.8. The lowest BCUT2D eigenvalue weighted by atomic mass is 9.86. The van der Waals surface area contributed by atoms with E-state index >= 15 is 4.39 Å². The van der Waals surface area contributed by atoms with E-state index in [1.807, 2.05) is 18.2 Å². The van der Waals surface area contributed by atoms with Crippen molar-refractivity contribution < 1.29 is 18.7 Å². The molecule has 1 heterocycles. The Balaban J connectivity index is 1.91. The fourth-order valence-corrected chi connectivity index (χ4v) is 4.68. The predicted octanol–water partition coefficient (Wildman–Crippen LogP) is 7.01. The highest BCUT2D eigenvalue weighted by molar-refractivity contribution is 6.01. The van der Waals surface area contributed by atoms with Crippen molar-refractivity contribution in [1.29, 1.82) is 5.53 Å². The second kappa shape index (κ2) is 10.7. The van der Waals surface area contributed by atoms with E-state index in [1.54, 1.807) is 18.2 Å². The molecule has 6 heteroatoms. The number of nitrogen functional groups attached to an aromatic ring is 1. The van der Waals surface area contributed by atoms with Gasteiger partial charge in [0, 0.05) is 33.6 Å².